The second-order valence-corrected chi connectivity index (χ2v) is 5.32. The predicted octanol–water partition coefficient (Wildman–Crippen LogP) is 5.07. The Morgan fingerprint density at radius 1 is 0.789 bits per heavy atom. The Kier molecular flexibility index (Phi) is 4.85. The van der Waals surface area contributed by atoms with Crippen LogP contribution in [-0.4, -0.2) is 6.04 Å². The first-order valence-corrected chi connectivity index (χ1v) is 6.78. The molecule has 0 saturated heterocycles. The van der Waals surface area contributed by atoms with Crippen LogP contribution in [0, 0.1) is 6.57 Å². The van der Waals surface area contributed by atoms with Crippen LogP contribution < -0.4 is 0 Å². The molecule has 19 heavy (non-hydrogen) atoms. The second-order valence-electron chi connectivity index (χ2n) is 4.44. The molecule has 0 aliphatic heterocycles. The Hall–Kier alpha value is -1.49. The van der Waals surface area contributed by atoms with Gasteiger partial charge in [-0.1, -0.05) is 47.5 Å². The van der Waals surface area contributed by atoms with E-state index in [4.69, 9.17) is 29.8 Å². The summed E-state index contributed by atoms with van der Waals surface area (Å²) in [6, 6.07) is 15.3. The van der Waals surface area contributed by atoms with Gasteiger partial charge in [-0.25, -0.2) is 6.57 Å². The molecule has 2 aromatic rings. The van der Waals surface area contributed by atoms with Crippen molar-refractivity contribution in [3.05, 3.63) is 81.1 Å². The maximum Gasteiger partial charge on any atom is 0.231 e. The zero-order valence-corrected chi connectivity index (χ0v) is 11.8. The fraction of sp³-hybridized carbons (Fsp3) is 0.188. The Bertz CT molecular complexity index is 520. The molecular formula is C16H13Cl2N. The zero-order valence-electron chi connectivity index (χ0n) is 10.3. The molecule has 0 amide bonds. The van der Waals surface area contributed by atoms with E-state index in [2.05, 4.69) is 4.85 Å². The Morgan fingerprint density at radius 2 is 1.16 bits per heavy atom. The molecule has 0 N–H and O–H groups in total. The number of hydrogen-bond donors (Lipinski definition) is 0. The van der Waals surface area contributed by atoms with Crippen molar-refractivity contribution >= 4 is 23.2 Å². The molecule has 0 spiro atoms. The molecule has 0 radical (unpaired) electrons. The summed E-state index contributed by atoms with van der Waals surface area (Å²) in [4.78, 5) is 3.71. The Labute approximate surface area is 123 Å². The van der Waals surface area contributed by atoms with Crippen molar-refractivity contribution in [2.24, 2.45) is 0 Å². The van der Waals surface area contributed by atoms with E-state index in [-0.39, 0.29) is 6.04 Å². The van der Waals surface area contributed by atoms with Crippen molar-refractivity contribution in [3.63, 3.8) is 0 Å². The van der Waals surface area contributed by atoms with Gasteiger partial charge in [-0.2, -0.15) is 0 Å². The SMILES string of the molecule is [C-]#[N+]C(Cc1ccc(Cl)cc1)Cc1ccc(Cl)cc1. The Balaban J connectivity index is 2.03. The van der Waals surface area contributed by atoms with Crippen LogP contribution in [0.3, 0.4) is 0 Å². The van der Waals surface area contributed by atoms with E-state index in [1.165, 1.54) is 0 Å². The minimum Gasteiger partial charge on any atom is -0.313 e. The third-order valence-corrected chi connectivity index (χ3v) is 3.46. The van der Waals surface area contributed by atoms with Gasteiger partial charge in [0.15, 0.2) is 0 Å². The van der Waals surface area contributed by atoms with Crippen LogP contribution in [0.1, 0.15) is 11.1 Å². The van der Waals surface area contributed by atoms with Crippen molar-refractivity contribution in [2.45, 2.75) is 18.9 Å². The molecule has 0 aliphatic rings. The van der Waals surface area contributed by atoms with E-state index >= 15 is 0 Å². The molecule has 2 rings (SSSR count). The smallest absolute Gasteiger partial charge is 0.231 e. The minimum atomic E-state index is -0.0534. The van der Waals surface area contributed by atoms with Crippen molar-refractivity contribution in [2.75, 3.05) is 0 Å². The summed E-state index contributed by atoms with van der Waals surface area (Å²) in [5.74, 6) is 0. The first-order chi connectivity index (χ1) is 9.17. The third-order valence-electron chi connectivity index (χ3n) is 2.95. The fourth-order valence-electron chi connectivity index (χ4n) is 1.95. The molecule has 0 heterocycles. The fourth-order valence-corrected chi connectivity index (χ4v) is 2.20. The second kappa shape index (κ2) is 6.61. The summed E-state index contributed by atoms with van der Waals surface area (Å²) >= 11 is 11.7. The van der Waals surface area contributed by atoms with Gasteiger partial charge in [-0.05, 0) is 35.4 Å². The molecule has 96 valence electrons. The molecule has 1 nitrogen and oxygen atoms in total. The van der Waals surface area contributed by atoms with E-state index in [0.29, 0.717) is 0 Å². The van der Waals surface area contributed by atoms with Gasteiger partial charge in [-0.3, -0.25) is 0 Å². The largest absolute Gasteiger partial charge is 0.313 e. The summed E-state index contributed by atoms with van der Waals surface area (Å²) in [6.45, 7) is 7.32. The molecule has 0 atom stereocenters. The normalized spacial score (nSPS) is 10.4. The zero-order chi connectivity index (χ0) is 13.7. The maximum atomic E-state index is 7.32. The highest BCUT2D eigenvalue weighted by atomic mass is 35.5. The van der Waals surface area contributed by atoms with E-state index < -0.39 is 0 Å². The summed E-state index contributed by atoms with van der Waals surface area (Å²) in [5, 5.41) is 1.45. The van der Waals surface area contributed by atoms with E-state index in [1.54, 1.807) is 0 Å². The van der Waals surface area contributed by atoms with Gasteiger partial charge in [0.05, 0.1) is 0 Å². The predicted molar refractivity (Wildman–Crippen MR) is 80.7 cm³/mol. The van der Waals surface area contributed by atoms with Gasteiger partial charge in [0.2, 0.25) is 6.04 Å². The van der Waals surface area contributed by atoms with E-state index in [0.717, 1.165) is 34.0 Å². The molecule has 0 saturated carbocycles. The number of benzene rings is 2. The number of rotatable bonds is 4. The first kappa shape index (κ1) is 13.9. The third kappa shape index (κ3) is 4.28. The van der Waals surface area contributed by atoms with Gasteiger partial charge in [0.25, 0.3) is 0 Å². The van der Waals surface area contributed by atoms with Crippen molar-refractivity contribution in [1.29, 1.82) is 0 Å². The highest BCUT2D eigenvalue weighted by Crippen LogP contribution is 2.16. The molecule has 2 aromatic carbocycles. The monoisotopic (exact) mass is 289 g/mol. The molecule has 0 bridgehead atoms. The minimum absolute atomic E-state index is 0.0534. The molecule has 0 unspecified atom stereocenters. The average Bonchev–Trinajstić information content (AvgIpc) is 2.43. The van der Waals surface area contributed by atoms with Crippen LogP contribution >= 0.6 is 23.2 Å². The number of nitrogens with zero attached hydrogens (tertiary/aromatic N) is 1. The summed E-state index contributed by atoms with van der Waals surface area (Å²) in [5.41, 5.74) is 2.28. The van der Waals surface area contributed by atoms with Crippen LogP contribution in [0.25, 0.3) is 4.85 Å². The standard InChI is InChI=1S/C16H13Cl2N/c1-19-16(10-12-2-6-14(17)7-3-12)11-13-4-8-15(18)9-5-13/h2-9,16H,10-11H2. The van der Waals surface area contributed by atoms with Crippen LogP contribution in [0.4, 0.5) is 0 Å². The Morgan fingerprint density at radius 3 is 1.47 bits per heavy atom. The average molecular weight is 290 g/mol. The van der Waals surface area contributed by atoms with Crippen LogP contribution in [0.15, 0.2) is 48.5 Å². The van der Waals surface area contributed by atoms with Crippen molar-refractivity contribution in [1.82, 2.24) is 0 Å². The summed E-state index contributed by atoms with van der Waals surface area (Å²) < 4.78 is 0. The van der Waals surface area contributed by atoms with Crippen molar-refractivity contribution in [3.8, 4) is 0 Å². The molecule has 0 aromatic heterocycles. The van der Waals surface area contributed by atoms with Crippen molar-refractivity contribution < 1.29 is 0 Å². The van der Waals surface area contributed by atoms with Crippen LogP contribution in [-0.2, 0) is 12.8 Å². The summed E-state index contributed by atoms with van der Waals surface area (Å²) in [7, 11) is 0. The summed E-state index contributed by atoms with van der Waals surface area (Å²) in [6.07, 6.45) is 1.48. The first-order valence-electron chi connectivity index (χ1n) is 6.03. The van der Waals surface area contributed by atoms with E-state index in [1.807, 2.05) is 48.5 Å². The lowest BCUT2D eigenvalue weighted by molar-refractivity contribution is 0.756. The molecule has 0 aliphatic carbocycles. The van der Waals surface area contributed by atoms with Gasteiger partial charge in [0.1, 0.15) is 0 Å². The van der Waals surface area contributed by atoms with Crippen LogP contribution in [0.5, 0.6) is 0 Å². The highest BCUT2D eigenvalue weighted by Gasteiger charge is 2.14. The lowest BCUT2D eigenvalue weighted by Gasteiger charge is -2.06. The topological polar surface area (TPSA) is 4.36 Å². The van der Waals surface area contributed by atoms with Gasteiger partial charge in [-0.15, -0.1) is 0 Å². The van der Waals surface area contributed by atoms with Gasteiger partial charge >= 0.3 is 0 Å². The van der Waals surface area contributed by atoms with E-state index in [9.17, 15) is 0 Å². The van der Waals surface area contributed by atoms with Gasteiger partial charge < -0.3 is 4.85 Å². The number of hydrogen-bond acceptors (Lipinski definition) is 0. The molecule has 0 fully saturated rings. The number of halogens is 2. The molecule has 3 heteroatoms. The van der Waals surface area contributed by atoms with Gasteiger partial charge in [0, 0.05) is 22.9 Å². The maximum absolute atomic E-state index is 7.32. The lowest BCUT2D eigenvalue weighted by Crippen LogP contribution is -2.10. The lowest BCUT2D eigenvalue weighted by atomic mass is 10.00. The highest BCUT2D eigenvalue weighted by molar-refractivity contribution is 6.30. The quantitative estimate of drug-likeness (QED) is 0.693. The molecular weight excluding hydrogens is 277 g/mol. The van der Waals surface area contributed by atoms with Crippen LogP contribution in [0.2, 0.25) is 10.0 Å².